The Balaban J connectivity index is 1.54. The highest BCUT2D eigenvalue weighted by atomic mass is 32.2. The van der Waals surface area contributed by atoms with Crippen LogP contribution in [0.3, 0.4) is 0 Å². The molecule has 1 aromatic heterocycles. The first-order valence-corrected chi connectivity index (χ1v) is 10.8. The van der Waals surface area contributed by atoms with Crippen LogP contribution < -0.4 is 10.0 Å². The first-order chi connectivity index (χ1) is 13.4. The lowest BCUT2D eigenvalue weighted by atomic mass is 10.1. The largest absolute Gasteiger partial charge is 0.381 e. The molecule has 2 aromatic carbocycles. The summed E-state index contributed by atoms with van der Waals surface area (Å²) < 4.78 is 26.4. The van der Waals surface area contributed by atoms with Gasteiger partial charge in [0.1, 0.15) is 0 Å². The van der Waals surface area contributed by atoms with Crippen molar-refractivity contribution in [2.75, 3.05) is 10.0 Å². The van der Waals surface area contributed by atoms with Crippen molar-refractivity contribution in [3.8, 4) is 0 Å². The zero-order valence-corrected chi connectivity index (χ0v) is 16.9. The lowest BCUT2D eigenvalue weighted by molar-refractivity contribution is 0.593. The van der Waals surface area contributed by atoms with E-state index < -0.39 is 15.3 Å². The maximum absolute atomic E-state index is 11.9. The Hall–Kier alpha value is -2.86. The highest BCUT2D eigenvalue weighted by Crippen LogP contribution is 2.16. The van der Waals surface area contributed by atoms with Gasteiger partial charge in [-0.15, -0.1) is 0 Å². The molecule has 2 N–H and O–H groups in total. The quantitative estimate of drug-likeness (QED) is 0.592. The van der Waals surface area contributed by atoms with E-state index in [4.69, 9.17) is 0 Å². The van der Waals surface area contributed by atoms with Gasteiger partial charge < -0.3 is 5.32 Å². The predicted molar refractivity (Wildman–Crippen MR) is 115 cm³/mol. The van der Waals surface area contributed by atoms with E-state index in [9.17, 15) is 8.42 Å². The number of anilines is 2. The third-order valence-electron chi connectivity index (χ3n) is 4.44. The molecule has 0 spiro atoms. The van der Waals surface area contributed by atoms with Crippen LogP contribution in [-0.2, 0) is 23.0 Å². The molecule has 0 saturated heterocycles. The van der Waals surface area contributed by atoms with Crippen molar-refractivity contribution >= 4 is 21.4 Å². The number of nitrogens with zero attached hydrogens (tertiary/aromatic N) is 1. The fourth-order valence-electron chi connectivity index (χ4n) is 2.65. The first kappa shape index (κ1) is 19.9. The van der Waals surface area contributed by atoms with Gasteiger partial charge in [-0.2, -0.15) is 0 Å². The summed E-state index contributed by atoms with van der Waals surface area (Å²) in [6.45, 7) is 3.98. The van der Waals surface area contributed by atoms with Crippen molar-refractivity contribution in [2.24, 2.45) is 0 Å². The zero-order chi connectivity index (χ0) is 20.0. The van der Waals surface area contributed by atoms with Gasteiger partial charge in [0.25, 0.3) is 0 Å². The third kappa shape index (κ3) is 5.57. The van der Waals surface area contributed by atoms with Crippen molar-refractivity contribution in [3.63, 3.8) is 0 Å². The number of hydrogen-bond donors (Lipinski definition) is 2. The van der Waals surface area contributed by atoms with Crippen LogP contribution in [0.25, 0.3) is 0 Å². The van der Waals surface area contributed by atoms with Crippen LogP contribution in [0.2, 0.25) is 0 Å². The van der Waals surface area contributed by atoms with Gasteiger partial charge in [-0.25, -0.2) is 8.42 Å². The van der Waals surface area contributed by atoms with Crippen LogP contribution in [0, 0.1) is 0 Å². The van der Waals surface area contributed by atoms with E-state index in [0.29, 0.717) is 12.2 Å². The molecule has 0 radical (unpaired) electrons. The molecule has 0 unspecified atom stereocenters. The number of pyridine rings is 1. The van der Waals surface area contributed by atoms with Crippen molar-refractivity contribution in [2.45, 2.75) is 32.1 Å². The van der Waals surface area contributed by atoms with Crippen molar-refractivity contribution in [1.29, 1.82) is 0 Å². The maximum Gasteiger partial charge on any atom is 0.235 e. The molecule has 0 fully saturated rings. The van der Waals surface area contributed by atoms with Crippen LogP contribution in [0.1, 0.15) is 30.5 Å². The number of rotatable bonds is 8. The molecule has 0 bridgehead atoms. The second-order valence-corrected chi connectivity index (χ2v) is 9.21. The fourth-order valence-corrected chi connectivity index (χ4v) is 3.35. The van der Waals surface area contributed by atoms with Crippen LogP contribution in [0.4, 0.5) is 11.4 Å². The second-order valence-electron chi connectivity index (χ2n) is 6.98. The molecule has 0 aliphatic carbocycles. The molecule has 146 valence electrons. The molecule has 0 atom stereocenters. The summed E-state index contributed by atoms with van der Waals surface area (Å²) in [6.07, 6.45) is 4.51. The van der Waals surface area contributed by atoms with Gasteiger partial charge in [0, 0.05) is 30.3 Å². The summed E-state index contributed by atoms with van der Waals surface area (Å²) in [7, 11) is -3.32. The monoisotopic (exact) mass is 395 g/mol. The summed E-state index contributed by atoms with van der Waals surface area (Å²) in [6, 6.07) is 19.8. The predicted octanol–water partition coefficient (Wildman–Crippen LogP) is 4.43. The van der Waals surface area contributed by atoms with Crippen molar-refractivity contribution in [1.82, 2.24) is 4.98 Å². The van der Waals surface area contributed by atoms with Gasteiger partial charge in [0.05, 0.1) is 5.25 Å². The zero-order valence-electron chi connectivity index (χ0n) is 16.1. The minimum Gasteiger partial charge on any atom is -0.381 e. The summed E-state index contributed by atoms with van der Waals surface area (Å²) >= 11 is 0. The summed E-state index contributed by atoms with van der Waals surface area (Å²) in [5.41, 5.74) is 5.19. The molecule has 28 heavy (non-hydrogen) atoms. The molecule has 0 amide bonds. The smallest absolute Gasteiger partial charge is 0.235 e. The molecule has 0 saturated carbocycles. The Morgan fingerprint density at radius 2 is 1.32 bits per heavy atom. The van der Waals surface area contributed by atoms with Crippen LogP contribution in [0.5, 0.6) is 0 Å². The Morgan fingerprint density at radius 1 is 0.786 bits per heavy atom. The number of hydrogen-bond acceptors (Lipinski definition) is 4. The lowest BCUT2D eigenvalue weighted by Crippen LogP contribution is -2.22. The second kappa shape index (κ2) is 8.89. The minimum absolute atomic E-state index is 0.463. The molecule has 6 heteroatoms. The summed E-state index contributed by atoms with van der Waals surface area (Å²) in [5, 5.41) is 2.93. The Labute approximate surface area is 166 Å². The molecule has 3 rings (SSSR count). The van der Waals surface area contributed by atoms with Gasteiger partial charge in [-0.05, 0) is 73.4 Å². The first-order valence-electron chi connectivity index (χ1n) is 9.25. The SMILES string of the molecule is CC(C)S(=O)(=O)Nc1ccc(CNc2ccc(Cc3ccncc3)cc2)cc1. The molecule has 1 heterocycles. The summed E-state index contributed by atoms with van der Waals surface area (Å²) in [5.74, 6) is 0. The highest BCUT2D eigenvalue weighted by Gasteiger charge is 2.15. The molecule has 3 aromatic rings. The van der Waals surface area contributed by atoms with Crippen LogP contribution in [-0.4, -0.2) is 18.7 Å². The van der Waals surface area contributed by atoms with Gasteiger partial charge in [0.2, 0.25) is 10.0 Å². The maximum atomic E-state index is 11.9. The molecule has 0 aliphatic heterocycles. The minimum atomic E-state index is -3.32. The Kier molecular flexibility index (Phi) is 6.31. The molecule has 5 nitrogen and oxygen atoms in total. The van der Waals surface area contributed by atoms with Gasteiger partial charge in [0.15, 0.2) is 0 Å². The van der Waals surface area contributed by atoms with E-state index in [-0.39, 0.29) is 0 Å². The number of aromatic nitrogens is 1. The van der Waals surface area contributed by atoms with Crippen molar-refractivity contribution in [3.05, 3.63) is 89.7 Å². The van der Waals surface area contributed by atoms with E-state index in [2.05, 4.69) is 39.3 Å². The molecular formula is C22H25N3O2S. The average molecular weight is 396 g/mol. The topological polar surface area (TPSA) is 71.1 Å². The standard InChI is InChI=1S/C22H25N3O2S/c1-17(2)28(26,27)25-22-9-5-20(6-10-22)16-24-21-7-3-18(4-8-21)15-19-11-13-23-14-12-19/h3-14,17,24-25H,15-16H2,1-2H3. The van der Waals surface area contributed by atoms with Gasteiger partial charge >= 0.3 is 0 Å². The Morgan fingerprint density at radius 3 is 1.93 bits per heavy atom. The van der Waals surface area contributed by atoms with E-state index in [0.717, 1.165) is 17.7 Å². The van der Waals surface area contributed by atoms with Gasteiger partial charge in [-0.3, -0.25) is 9.71 Å². The number of nitrogens with one attached hydrogen (secondary N) is 2. The molecular weight excluding hydrogens is 370 g/mol. The number of sulfonamides is 1. The van der Waals surface area contributed by atoms with E-state index in [1.54, 1.807) is 26.0 Å². The highest BCUT2D eigenvalue weighted by molar-refractivity contribution is 7.93. The Bertz CT molecular complexity index is 984. The van der Waals surface area contributed by atoms with Crippen molar-refractivity contribution < 1.29 is 8.42 Å². The van der Waals surface area contributed by atoms with Gasteiger partial charge in [-0.1, -0.05) is 24.3 Å². The summed E-state index contributed by atoms with van der Waals surface area (Å²) in [4.78, 5) is 4.04. The van der Waals surface area contributed by atoms with Crippen LogP contribution in [0.15, 0.2) is 73.1 Å². The van der Waals surface area contributed by atoms with E-state index in [1.807, 2.05) is 36.7 Å². The third-order valence-corrected chi connectivity index (χ3v) is 6.20. The van der Waals surface area contributed by atoms with Crippen LogP contribution >= 0.6 is 0 Å². The lowest BCUT2D eigenvalue weighted by Gasteiger charge is -2.12. The normalized spacial score (nSPS) is 11.4. The van der Waals surface area contributed by atoms with E-state index in [1.165, 1.54) is 11.1 Å². The average Bonchev–Trinajstić information content (AvgIpc) is 2.69. The molecule has 0 aliphatic rings. The number of benzene rings is 2. The fraction of sp³-hybridized carbons (Fsp3) is 0.227. The van der Waals surface area contributed by atoms with E-state index >= 15 is 0 Å².